The summed E-state index contributed by atoms with van der Waals surface area (Å²) in [6, 6.07) is 15.0. The number of amidine groups is 1. The number of ether oxygens (including phenoxy) is 2. The van der Waals surface area contributed by atoms with E-state index >= 15 is 0 Å². The highest BCUT2D eigenvalue weighted by atomic mass is 35.5. The fourth-order valence-electron chi connectivity index (χ4n) is 4.51. The van der Waals surface area contributed by atoms with Crippen molar-refractivity contribution >= 4 is 30.1 Å². The van der Waals surface area contributed by atoms with Crippen molar-refractivity contribution in [2.24, 2.45) is 11.7 Å². The Labute approximate surface area is 206 Å². The van der Waals surface area contributed by atoms with Crippen LogP contribution in [0.5, 0.6) is 5.75 Å². The van der Waals surface area contributed by atoms with Gasteiger partial charge >= 0.3 is 5.97 Å². The number of esters is 1. The Morgan fingerprint density at radius 2 is 1.62 bits per heavy atom. The van der Waals surface area contributed by atoms with Crippen LogP contribution in [0.25, 0.3) is 11.1 Å². The van der Waals surface area contributed by atoms with E-state index < -0.39 is 5.92 Å². The third-order valence-corrected chi connectivity index (χ3v) is 6.37. The number of carbonyl (C=O) groups is 2. The van der Waals surface area contributed by atoms with Crippen LogP contribution < -0.4 is 15.8 Å². The summed E-state index contributed by atoms with van der Waals surface area (Å²) in [6.45, 7) is 0.297. The van der Waals surface area contributed by atoms with E-state index in [0.717, 1.165) is 36.8 Å². The summed E-state index contributed by atoms with van der Waals surface area (Å²) in [4.78, 5) is 24.8. The van der Waals surface area contributed by atoms with Crippen LogP contribution in [0.15, 0.2) is 48.5 Å². The molecule has 1 aliphatic carbocycles. The first-order chi connectivity index (χ1) is 16.0. The quantitative estimate of drug-likeness (QED) is 0.309. The fraction of sp³-hybridized carbons (Fsp3) is 0.423. The molecule has 4 rings (SSSR count). The Morgan fingerprint density at radius 3 is 2.24 bits per heavy atom. The zero-order chi connectivity index (χ0) is 23.2. The lowest BCUT2D eigenvalue weighted by Gasteiger charge is -2.30. The second-order valence-corrected chi connectivity index (χ2v) is 8.92. The second kappa shape index (κ2) is 11.9. The topological polar surface area (TPSA) is 115 Å². The molecule has 4 N–H and O–H groups in total. The van der Waals surface area contributed by atoms with Crippen molar-refractivity contribution in [3.63, 3.8) is 0 Å². The van der Waals surface area contributed by atoms with Gasteiger partial charge in [-0.05, 0) is 55.4 Å². The number of benzene rings is 2. The van der Waals surface area contributed by atoms with Crippen LogP contribution in [0.4, 0.5) is 0 Å². The normalized spacial score (nSPS) is 20.5. The van der Waals surface area contributed by atoms with Gasteiger partial charge in [0.05, 0.1) is 12.0 Å². The maximum atomic E-state index is 12.6. The van der Waals surface area contributed by atoms with Crippen LogP contribution in [0.1, 0.15) is 50.5 Å². The molecular formula is C26H32ClN3O4. The SMILES string of the molecule is Cl.N=C(N)c1ccc(-c2ccc(OC[C@@H]3C[C@H](C(=O)OC4CCCCC4)CC(=O)N3)cc2)cc1. The second-order valence-electron chi connectivity index (χ2n) is 8.92. The molecule has 34 heavy (non-hydrogen) atoms. The number of hydrogen-bond donors (Lipinski definition) is 3. The molecule has 1 aliphatic heterocycles. The molecule has 8 heteroatoms. The van der Waals surface area contributed by atoms with E-state index in [1.165, 1.54) is 6.42 Å². The van der Waals surface area contributed by atoms with E-state index in [9.17, 15) is 9.59 Å². The van der Waals surface area contributed by atoms with E-state index in [4.69, 9.17) is 20.6 Å². The number of piperidine rings is 1. The van der Waals surface area contributed by atoms with Crippen LogP contribution in [0.2, 0.25) is 0 Å². The van der Waals surface area contributed by atoms with Crippen molar-refractivity contribution in [2.75, 3.05) is 6.61 Å². The van der Waals surface area contributed by atoms with Crippen LogP contribution >= 0.6 is 12.4 Å². The average molecular weight is 486 g/mol. The first-order valence-corrected chi connectivity index (χ1v) is 11.7. The molecule has 2 aromatic rings. The lowest BCUT2D eigenvalue weighted by molar-refractivity contribution is -0.159. The summed E-state index contributed by atoms with van der Waals surface area (Å²) in [5, 5.41) is 10.4. The number of carbonyl (C=O) groups excluding carboxylic acids is 2. The highest BCUT2D eigenvalue weighted by Gasteiger charge is 2.34. The lowest BCUT2D eigenvalue weighted by Crippen LogP contribution is -2.47. The van der Waals surface area contributed by atoms with Gasteiger partial charge in [0.25, 0.3) is 0 Å². The van der Waals surface area contributed by atoms with Crippen molar-refractivity contribution in [3.8, 4) is 16.9 Å². The Kier molecular flexibility index (Phi) is 8.93. The van der Waals surface area contributed by atoms with Crippen LogP contribution in [0.3, 0.4) is 0 Å². The minimum absolute atomic E-state index is 0. The van der Waals surface area contributed by atoms with Crippen LogP contribution in [-0.2, 0) is 14.3 Å². The van der Waals surface area contributed by atoms with Gasteiger partial charge in [0, 0.05) is 12.0 Å². The van der Waals surface area contributed by atoms with E-state index in [1.54, 1.807) is 0 Å². The first-order valence-electron chi connectivity index (χ1n) is 11.7. The summed E-state index contributed by atoms with van der Waals surface area (Å²) in [5.41, 5.74) is 8.24. The molecule has 2 aromatic carbocycles. The molecule has 1 saturated carbocycles. The van der Waals surface area contributed by atoms with Gasteiger partial charge in [0.1, 0.15) is 24.3 Å². The van der Waals surface area contributed by atoms with Gasteiger partial charge in [0.15, 0.2) is 0 Å². The summed E-state index contributed by atoms with van der Waals surface area (Å²) in [6.07, 6.45) is 5.96. The summed E-state index contributed by atoms with van der Waals surface area (Å²) in [5.74, 6) is -0.0498. The molecule has 2 aliphatic rings. The summed E-state index contributed by atoms with van der Waals surface area (Å²) < 4.78 is 11.6. The fourth-order valence-corrected chi connectivity index (χ4v) is 4.51. The monoisotopic (exact) mass is 485 g/mol. The maximum absolute atomic E-state index is 12.6. The highest BCUT2D eigenvalue weighted by molar-refractivity contribution is 5.95. The number of nitrogen functional groups attached to an aromatic ring is 1. The molecule has 0 bridgehead atoms. The van der Waals surface area contributed by atoms with Gasteiger partial charge in [-0.2, -0.15) is 0 Å². The molecular weight excluding hydrogens is 454 g/mol. The number of nitrogens with two attached hydrogens (primary N) is 1. The molecule has 182 valence electrons. The van der Waals surface area contributed by atoms with Gasteiger partial charge in [0.2, 0.25) is 5.91 Å². The van der Waals surface area contributed by atoms with Gasteiger partial charge in [-0.3, -0.25) is 15.0 Å². The molecule has 0 radical (unpaired) electrons. The van der Waals surface area contributed by atoms with E-state index in [-0.39, 0.29) is 48.7 Å². The van der Waals surface area contributed by atoms with E-state index in [1.807, 2.05) is 48.5 Å². The zero-order valence-corrected chi connectivity index (χ0v) is 19.9. The van der Waals surface area contributed by atoms with Crippen molar-refractivity contribution in [1.29, 1.82) is 5.41 Å². The minimum Gasteiger partial charge on any atom is -0.491 e. The summed E-state index contributed by atoms with van der Waals surface area (Å²) >= 11 is 0. The van der Waals surface area contributed by atoms with Crippen molar-refractivity contribution in [3.05, 3.63) is 54.1 Å². The van der Waals surface area contributed by atoms with Crippen molar-refractivity contribution in [1.82, 2.24) is 5.32 Å². The Balaban J connectivity index is 0.00000324. The highest BCUT2D eigenvalue weighted by Crippen LogP contribution is 2.26. The Morgan fingerprint density at radius 1 is 1.00 bits per heavy atom. The average Bonchev–Trinajstić information content (AvgIpc) is 2.83. The standard InChI is InChI=1S/C26H31N3O4.ClH/c27-25(28)19-8-6-17(7-9-19)18-10-12-22(13-11-18)32-16-21-14-20(15-24(30)29-21)26(31)33-23-4-2-1-3-5-23;/h6-13,20-21,23H,1-5,14-16H2,(H3,27,28)(H,29,30);1H/t20-,21-;/m0./s1. The molecule has 1 saturated heterocycles. The molecule has 1 heterocycles. The first kappa shape index (κ1) is 25.6. The third kappa shape index (κ3) is 6.73. The molecule has 2 atom stereocenters. The van der Waals surface area contributed by atoms with Crippen molar-refractivity contribution in [2.45, 2.75) is 57.1 Å². The van der Waals surface area contributed by atoms with Gasteiger partial charge in [-0.15, -0.1) is 12.4 Å². The number of amides is 1. The largest absolute Gasteiger partial charge is 0.491 e. The maximum Gasteiger partial charge on any atom is 0.309 e. The predicted octanol–water partition coefficient (Wildman–Crippen LogP) is 4.21. The molecule has 7 nitrogen and oxygen atoms in total. The smallest absolute Gasteiger partial charge is 0.309 e. The molecule has 0 aromatic heterocycles. The Bertz CT molecular complexity index is 988. The van der Waals surface area contributed by atoms with Crippen LogP contribution in [0, 0.1) is 11.3 Å². The number of nitrogens with one attached hydrogen (secondary N) is 2. The number of halogens is 1. The van der Waals surface area contributed by atoms with Crippen LogP contribution in [-0.4, -0.2) is 36.5 Å². The molecule has 2 fully saturated rings. The van der Waals surface area contributed by atoms with Gasteiger partial charge < -0.3 is 20.5 Å². The lowest BCUT2D eigenvalue weighted by atomic mass is 9.92. The molecule has 0 unspecified atom stereocenters. The Hall–Kier alpha value is -3.06. The minimum atomic E-state index is -0.408. The summed E-state index contributed by atoms with van der Waals surface area (Å²) in [7, 11) is 0. The number of rotatable bonds is 7. The third-order valence-electron chi connectivity index (χ3n) is 6.37. The van der Waals surface area contributed by atoms with E-state index in [2.05, 4.69) is 5.32 Å². The predicted molar refractivity (Wildman–Crippen MR) is 133 cm³/mol. The zero-order valence-electron chi connectivity index (χ0n) is 19.1. The van der Waals surface area contributed by atoms with Gasteiger partial charge in [-0.1, -0.05) is 42.8 Å². The molecule has 1 amide bonds. The van der Waals surface area contributed by atoms with Crippen molar-refractivity contribution < 1.29 is 19.1 Å². The number of hydrogen-bond acceptors (Lipinski definition) is 5. The van der Waals surface area contributed by atoms with Gasteiger partial charge in [-0.25, -0.2) is 0 Å². The molecule has 0 spiro atoms. The van der Waals surface area contributed by atoms with E-state index in [0.29, 0.717) is 24.3 Å².